The average molecular weight is 483 g/mol. The van der Waals surface area contributed by atoms with Crippen molar-refractivity contribution in [1.29, 1.82) is 0 Å². The second kappa shape index (κ2) is 9.30. The Morgan fingerprint density at radius 2 is 1.67 bits per heavy atom. The van der Waals surface area contributed by atoms with Crippen molar-refractivity contribution in [1.82, 2.24) is 0 Å². The highest BCUT2D eigenvalue weighted by molar-refractivity contribution is 6.36. The number of ether oxygens (including phenoxy) is 2. The maximum absolute atomic E-state index is 13.4. The Kier molecular flexibility index (Phi) is 6.45. The Morgan fingerprint density at radius 3 is 2.33 bits per heavy atom. The predicted octanol–water partition coefficient (Wildman–Crippen LogP) is 6.65. The number of Topliss-reactive ketones (excluding diaryl/α,β-unsaturated/α-hetero) is 1. The molecule has 0 aliphatic heterocycles. The lowest BCUT2D eigenvalue weighted by molar-refractivity contribution is 0.0920. The van der Waals surface area contributed by atoms with Crippen molar-refractivity contribution in [3.05, 3.63) is 91.6 Å². The number of hydrogen-bond acceptors (Lipinski definition) is 5. The Balaban J connectivity index is 1.80. The van der Waals surface area contributed by atoms with E-state index in [0.717, 1.165) is 11.1 Å². The molecule has 4 aromatic rings. The zero-order valence-corrected chi connectivity index (χ0v) is 19.7. The van der Waals surface area contributed by atoms with Gasteiger partial charge in [0.1, 0.15) is 11.3 Å². The maximum atomic E-state index is 13.4. The minimum Gasteiger partial charge on any atom is -0.497 e. The summed E-state index contributed by atoms with van der Waals surface area (Å²) in [5.41, 5.74) is 2.88. The van der Waals surface area contributed by atoms with Crippen molar-refractivity contribution < 1.29 is 18.7 Å². The minimum atomic E-state index is -0.397. The van der Waals surface area contributed by atoms with Crippen molar-refractivity contribution in [3.8, 4) is 22.8 Å². The topological polar surface area (TPSA) is 65.7 Å². The van der Waals surface area contributed by atoms with Crippen LogP contribution in [0.1, 0.15) is 21.5 Å². The van der Waals surface area contributed by atoms with Crippen LogP contribution in [0.4, 0.5) is 0 Å². The molecule has 0 N–H and O–H groups in total. The predicted molar refractivity (Wildman–Crippen MR) is 130 cm³/mol. The fourth-order valence-electron chi connectivity index (χ4n) is 3.43. The summed E-state index contributed by atoms with van der Waals surface area (Å²) in [6.45, 7) is 3.46. The number of rotatable bonds is 6. The number of fused-ring (bicyclic) bond motifs is 1. The largest absolute Gasteiger partial charge is 0.497 e. The summed E-state index contributed by atoms with van der Waals surface area (Å²) in [7, 11) is 1.57. The second-order valence-electron chi connectivity index (χ2n) is 7.59. The van der Waals surface area contributed by atoms with Gasteiger partial charge in [-0.1, -0.05) is 23.2 Å². The molecule has 0 bridgehead atoms. The molecule has 0 aliphatic carbocycles. The van der Waals surface area contributed by atoms with Crippen LogP contribution in [0.25, 0.3) is 22.3 Å². The monoisotopic (exact) mass is 482 g/mol. The molecule has 3 aromatic carbocycles. The molecule has 0 fully saturated rings. The van der Waals surface area contributed by atoms with Crippen LogP contribution in [-0.4, -0.2) is 19.5 Å². The molecule has 1 heterocycles. The van der Waals surface area contributed by atoms with Gasteiger partial charge >= 0.3 is 0 Å². The van der Waals surface area contributed by atoms with E-state index >= 15 is 0 Å². The molecule has 5 nitrogen and oxygen atoms in total. The number of hydrogen-bond donors (Lipinski definition) is 0. The van der Waals surface area contributed by atoms with Crippen molar-refractivity contribution in [3.63, 3.8) is 0 Å². The van der Waals surface area contributed by atoms with E-state index in [1.54, 1.807) is 43.5 Å². The summed E-state index contributed by atoms with van der Waals surface area (Å²) in [6, 6.07) is 15.2. The van der Waals surface area contributed by atoms with Gasteiger partial charge < -0.3 is 13.9 Å². The van der Waals surface area contributed by atoms with E-state index in [-0.39, 0.29) is 27.5 Å². The SMILES string of the molecule is COc1ccc(-c2oc3cc(C)c(C)cc3c(=O)c2OCC(=O)c2ccc(Cl)cc2Cl)cc1. The summed E-state index contributed by atoms with van der Waals surface area (Å²) in [4.78, 5) is 26.2. The molecule has 33 heavy (non-hydrogen) atoms. The van der Waals surface area contributed by atoms with Crippen molar-refractivity contribution in [2.45, 2.75) is 13.8 Å². The fraction of sp³-hybridized carbons (Fsp3) is 0.154. The van der Waals surface area contributed by atoms with Crippen LogP contribution in [-0.2, 0) is 0 Å². The number of methoxy groups -OCH3 is 1. The third-order valence-corrected chi connectivity index (χ3v) is 5.94. The summed E-state index contributed by atoms with van der Waals surface area (Å²) in [5.74, 6) is 0.447. The van der Waals surface area contributed by atoms with Crippen LogP contribution in [0.2, 0.25) is 10.0 Å². The van der Waals surface area contributed by atoms with Gasteiger partial charge in [0, 0.05) is 16.1 Å². The van der Waals surface area contributed by atoms with Crippen molar-refractivity contribution in [2.75, 3.05) is 13.7 Å². The number of carbonyl (C=O) groups is 1. The van der Waals surface area contributed by atoms with Crippen LogP contribution in [0.15, 0.2) is 63.8 Å². The van der Waals surface area contributed by atoms with Gasteiger partial charge in [-0.3, -0.25) is 9.59 Å². The van der Waals surface area contributed by atoms with E-state index in [2.05, 4.69) is 0 Å². The number of ketones is 1. The first-order chi connectivity index (χ1) is 15.8. The van der Waals surface area contributed by atoms with Crippen LogP contribution in [0, 0.1) is 13.8 Å². The highest BCUT2D eigenvalue weighted by Crippen LogP contribution is 2.33. The maximum Gasteiger partial charge on any atom is 0.235 e. The van der Waals surface area contributed by atoms with E-state index in [4.69, 9.17) is 37.1 Å². The molecule has 4 rings (SSSR count). The van der Waals surface area contributed by atoms with Crippen molar-refractivity contribution >= 4 is 40.0 Å². The molecule has 0 saturated heterocycles. The van der Waals surface area contributed by atoms with Gasteiger partial charge in [0.25, 0.3) is 0 Å². The molecule has 0 unspecified atom stereocenters. The number of benzene rings is 3. The van der Waals surface area contributed by atoms with Gasteiger partial charge in [0.05, 0.1) is 17.5 Å². The lowest BCUT2D eigenvalue weighted by Gasteiger charge is -2.13. The zero-order chi connectivity index (χ0) is 23.7. The smallest absolute Gasteiger partial charge is 0.235 e. The molecule has 0 spiro atoms. The van der Waals surface area contributed by atoms with E-state index in [1.807, 2.05) is 19.9 Å². The minimum absolute atomic E-state index is 0.0469. The Labute approximate surface area is 200 Å². The summed E-state index contributed by atoms with van der Waals surface area (Å²) in [5, 5.41) is 1.01. The normalized spacial score (nSPS) is 10.9. The Morgan fingerprint density at radius 1 is 0.970 bits per heavy atom. The Hall–Kier alpha value is -3.28. The molecule has 0 atom stereocenters. The molecule has 1 aromatic heterocycles. The number of aryl methyl sites for hydroxylation is 2. The molecule has 0 radical (unpaired) electrons. The van der Waals surface area contributed by atoms with Crippen LogP contribution >= 0.6 is 23.2 Å². The first-order valence-electron chi connectivity index (χ1n) is 10.1. The first-order valence-corrected chi connectivity index (χ1v) is 10.9. The standard InChI is InChI=1S/C26H20Cl2O5/c1-14-10-20-23(11-15(14)2)33-25(16-4-7-18(31-3)8-5-16)26(24(20)30)32-13-22(29)19-9-6-17(27)12-21(19)28/h4-12H,13H2,1-3H3. The third-order valence-electron chi connectivity index (χ3n) is 5.40. The van der Waals surface area contributed by atoms with Crippen LogP contribution < -0.4 is 14.9 Å². The summed E-state index contributed by atoms with van der Waals surface area (Å²) in [6.07, 6.45) is 0. The van der Waals surface area contributed by atoms with Crippen molar-refractivity contribution in [2.24, 2.45) is 0 Å². The van der Waals surface area contributed by atoms with E-state index in [0.29, 0.717) is 27.3 Å². The Bertz CT molecular complexity index is 1420. The van der Waals surface area contributed by atoms with Crippen LogP contribution in [0.5, 0.6) is 11.5 Å². The lowest BCUT2D eigenvalue weighted by Crippen LogP contribution is -2.17. The van der Waals surface area contributed by atoms with Gasteiger partial charge in [-0.15, -0.1) is 0 Å². The summed E-state index contributed by atoms with van der Waals surface area (Å²) < 4.78 is 17.1. The number of carbonyl (C=O) groups excluding carboxylic acids is 1. The van der Waals surface area contributed by atoms with Gasteiger partial charge in [0.2, 0.25) is 17.0 Å². The third kappa shape index (κ3) is 4.61. The lowest BCUT2D eigenvalue weighted by atomic mass is 10.0. The molecular weight excluding hydrogens is 463 g/mol. The molecule has 0 amide bonds. The number of halogens is 2. The van der Waals surface area contributed by atoms with E-state index < -0.39 is 12.4 Å². The van der Waals surface area contributed by atoms with Gasteiger partial charge in [-0.2, -0.15) is 0 Å². The molecular formula is C26H20Cl2O5. The highest BCUT2D eigenvalue weighted by atomic mass is 35.5. The quantitative estimate of drug-likeness (QED) is 0.287. The van der Waals surface area contributed by atoms with Gasteiger partial charge in [-0.25, -0.2) is 0 Å². The van der Waals surface area contributed by atoms with E-state index in [9.17, 15) is 9.59 Å². The molecule has 0 saturated carbocycles. The van der Waals surface area contributed by atoms with E-state index in [1.165, 1.54) is 12.1 Å². The molecule has 0 aliphatic rings. The first kappa shape index (κ1) is 22.9. The van der Waals surface area contributed by atoms with Gasteiger partial charge in [-0.05, 0) is 79.6 Å². The summed E-state index contributed by atoms with van der Waals surface area (Å²) >= 11 is 12.1. The zero-order valence-electron chi connectivity index (χ0n) is 18.2. The molecule has 7 heteroatoms. The second-order valence-corrected chi connectivity index (χ2v) is 8.43. The highest BCUT2D eigenvalue weighted by Gasteiger charge is 2.21. The van der Waals surface area contributed by atoms with Gasteiger partial charge in [0.15, 0.2) is 12.4 Å². The average Bonchev–Trinajstić information content (AvgIpc) is 2.79. The van der Waals surface area contributed by atoms with Crippen LogP contribution in [0.3, 0.4) is 0 Å². The molecule has 168 valence electrons. The fourth-order valence-corrected chi connectivity index (χ4v) is 3.94.